The van der Waals surface area contributed by atoms with Gasteiger partial charge in [0.2, 0.25) is 5.91 Å². The number of nitro groups is 1. The molecule has 1 aliphatic heterocycles. The van der Waals surface area contributed by atoms with E-state index in [1.54, 1.807) is 12.1 Å². The van der Waals surface area contributed by atoms with Gasteiger partial charge in [-0.1, -0.05) is 15.9 Å². The molecular weight excluding hydrogens is 412 g/mol. The van der Waals surface area contributed by atoms with Crippen LogP contribution in [-0.4, -0.2) is 48.0 Å². The number of anilines is 2. The van der Waals surface area contributed by atoms with Crippen molar-refractivity contribution in [1.82, 2.24) is 4.90 Å². The van der Waals surface area contributed by atoms with Gasteiger partial charge in [0.1, 0.15) is 0 Å². The van der Waals surface area contributed by atoms with Crippen LogP contribution < -0.4 is 10.2 Å². The van der Waals surface area contributed by atoms with Crippen molar-refractivity contribution in [3.8, 4) is 0 Å². The molecule has 0 aromatic heterocycles. The second-order valence-corrected chi connectivity index (χ2v) is 7.38. The molecule has 1 atom stereocenters. The lowest BCUT2D eigenvalue weighted by molar-refractivity contribution is -0.384. The minimum Gasteiger partial charge on any atom is -0.369 e. The SMILES string of the molecule is C[C@@H](C(=O)Nc1ccc(Br)cc1)N1CCN(c2ccc([N+](=O)[O-])cc2)CC1. The second kappa shape index (κ2) is 8.49. The molecule has 0 unspecified atom stereocenters. The molecule has 0 saturated carbocycles. The highest BCUT2D eigenvalue weighted by Crippen LogP contribution is 2.21. The summed E-state index contributed by atoms with van der Waals surface area (Å²) < 4.78 is 0.968. The second-order valence-electron chi connectivity index (χ2n) is 6.47. The lowest BCUT2D eigenvalue weighted by Crippen LogP contribution is -2.52. The first-order chi connectivity index (χ1) is 12.9. The molecule has 142 valence electrons. The molecule has 1 saturated heterocycles. The van der Waals surface area contributed by atoms with Gasteiger partial charge in [0.15, 0.2) is 0 Å². The highest BCUT2D eigenvalue weighted by molar-refractivity contribution is 9.10. The van der Waals surface area contributed by atoms with Crippen LogP contribution in [-0.2, 0) is 4.79 Å². The van der Waals surface area contributed by atoms with E-state index in [1.807, 2.05) is 31.2 Å². The molecule has 1 fully saturated rings. The Hall–Kier alpha value is -2.45. The van der Waals surface area contributed by atoms with E-state index in [0.717, 1.165) is 42.0 Å². The van der Waals surface area contributed by atoms with Gasteiger partial charge in [-0.25, -0.2) is 0 Å². The summed E-state index contributed by atoms with van der Waals surface area (Å²) in [5.74, 6) is -0.0268. The maximum Gasteiger partial charge on any atom is 0.269 e. The van der Waals surface area contributed by atoms with Gasteiger partial charge in [-0.05, 0) is 43.3 Å². The Balaban J connectivity index is 1.53. The molecule has 7 nitrogen and oxygen atoms in total. The number of amides is 1. The van der Waals surface area contributed by atoms with E-state index in [4.69, 9.17) is 0 Å². The topological polar surface area (TPSA) is 78.7 Å². The van der Waals surface area contributed by atoms with Crippen LogP contribution in [0.4, 0.5) is 17.1 Å². The van der Waals surface area contributed by atoms with Crippen molar-refractivity contribution >= 4 is 38.9 Å². The number of rotatable bonds is 5. The van der Waals surface area contributed by atoms with E-state index in [9.17, 15) is 14.9 Å². The van der Waals surface area contributed by atoms with E-state index < -0.39 is 4.92 Å². The van der Waals surface area contributed by atoms with Crippen molar-refractivity contribution in [1.29, 1.82) is 0 Å². The first kappa shape index (κ1) is 19.3. The van der Waals surface area contributed by atoms with Crippen LogP contribution in [0.25, 0.3) is 0 Å². The fraction of sp³-hybridized carbons (Fsp3) is 0.316. The van der Waals surface area contributed by atoms with E-state index in [0.29, 0.717) is 0 Å². The Morgan fingerprint density at radius 3 is 2.22 bits per heavy atom. The van der Waals surface area contributed by atoms with Crippen molar-refractivity contribution in [2.75, 3.05) is 36.4 Å². The lowest BCUT2D eigenvalue weighted by atomic mass is 10.2. The quantitative estimate of drug-likeness (QED) is 0.577. The van der Waals surface area contributed by atoms with Crippen LogP contribution in [0.3, 0.4) is 0 Å². The highest BCUT2D eigenvalue weighted by Gasteiger charge is 2.26. The van der Waals surface area contributed by atoms with Gasteiger partial charge in [-0.3, -0.25) is 19.8 Å². The smallest absolute Gasteiger partial charge is 0.269 e. The van der Waals surface area contributed by atoms with Crippen LogP contribution in [0.5, 0.6) is 0 Å². The number of nitrogens with one attached hydrogen (secondary N) is 1. The molecule has 1 N–H and O–H groups in total. The number of carbonyl (C=O) groups excluding carboxylic acids is 1. The van der Waals surface area contributed by atoms with Crippen molar-refractivity contribution in [2.45, 2.75) is 13.0 Å². The van der Waals surface area contributed by atoms with Crippen LogP contribution in [0, 0.1) is 10.1 Å². The zero-order valence-electron chi connectivity index (χ0n) is 15.0. The van der Waals surface area contributed by atoms with Crippen LogP contribution in [0.2, 0.25) is 0 Å². The van der Waals surface area contributed by atoms with Gasteiger partial charge in [0.05, 0.1) is 11.0 Å². The highest BCUT2D eigenvalue weighted by atomic mass is 79.9. The molecule has 2 aromatic carbocycles. The van der Waals surface area contributed by atoms with Gasteiger partial charge in [-0.2, -0.15) is 0 Å². The Morgan fingerprint density at radius 1 is 1.07 bits per heavy atom. The van der Waals surface area contributed by atoms with Gasteiger partial charge in [0, 0.05) is 54.2 Å². The molecule has 0 aliphatic carbocycles. The fourth-order valence-corrected chi connectivity index (χ4v) is 3.36. The van der Waals surface area contributed by atoms with Gasteiger partial charge in [0.25, 0.3) is 5.69 Å². The molecule has 3 rings (SSSR count). The maximum absolute atomic E-state index is 12.5. The molecule has 8 heteroatoms. The molecule has 0 radical (unpaired) electrons. The van der Waals surface area contributed by atoms with E-state index in [1.165, 1.54) is 12.1 Å². The number of carbonyl (C=O) groups is 1. The van der Waals surface area contributed by atoms with Crippen LogP contribution >= 0.6 is 15.9 Å². The number of nitro benzene ring substituents is 1. The summed E-state index contributed by atoms with van der Waals surface area (Å²) in [5.41, 5.74) is 1.84. The number of hydrogen-bond donors (Lipinski definition) is 1. The normalized spacial score (nSPS) is 16.0. The number of nitrogens with zero attached hydrogens (tertiary/aromatic N) is 3. The molecule has 27 heavy (non-hydrogen) atoms. The number of benzene rings is 2. The number of hydrogen-bond acceptors (Lipinski definition) is 5. The van der Waals surface area contributed by atoms with Crippen molar-refractivity contribution in [3.63, 3.8) is 0 Å². The average molecular weight is 433 g/mol. The van der Waals surface area contributed by atoms with Crippen molar-refractivity contribution in [3.05, 3.63) is 63.1 Å². The number of halogens is 1. The average Bonchev–Trinajstić information content (AvgIpc) is 2.69. The maximum atomic E-state index is 12.5. The fourth-order valence-electron chi connectivity index (χ4n) is 3.10. The van der Waals surface area contributed by atoms with E-state index in [-0.39, 0.29) is 17.6 Å². The molecule has 1 heterocycles. The molecule has 0 spiro atoms. The summed E-state index contributed by atoms with van der Waals surface area (Å²) in [6.07, 6.45) is 0. The monoisotopic (exact) mass is 432 g/mol. The minimum absolute atomic E-state index is 0.0268. The third-order valence-corrected chi connectivity index (χ3v) is 5.31. The first-order valence-corrected chi connectivity index (χ1v) is 9.53. The van der Waals surface area contributed by atoms with E-state index in [2.05, 4.69) is 31.0 Å². The summed E-state index contributed by atoms with van der Waals surface area (Å²) in [6.45, 7) is 4.97. The molecule has 1 aliphatic rings. The predicted octanol–water partition coefficient (Wildman–Crippen LogP) is 3.51. The zero-order chi connectivity index (χ0) is 19.4. The first-order valence-electron chi connectivity index (χ1n) is 8.74. The molecule has 0 bridgehead atoms. The Labute approximate surface area is 166 Å². The molecule has 1 amide bonds. The standard InChI is InChI=1S/C19H21BrN4O3/c1-14(19(25)21-16-4-2-15(20)3-5-16)22-10-12-23(13-11-22)17-6-8-18(9-7-17)24(26)27/h2-9,14H,10-13H2,1H3,(H,21,25)/t14-/m0/s1. The third kappa shape index (κ3) is 4.84. The summed E-state index contributed by atoms with van der Waals surface area (Å²) >= 11 is 3.38. The minimum atomic E-state index is -0.395. The number of piperazine rings is 1. The van der Waals surface area contributed by atoms with Gasteiger partial charge >= 0.3 is 0 Å². The summed E-state index contributed by atoms with van der Waals surface area (Å²) in [6, 6.07) is 13.9. The Morgan fingerprint density at radius 2 is 1.67 bits per heavy atom. The Bertz CT molecular complexity index is 803. The zero-order valence-corrected chi connectivity index (χ0v) is 16.6. The summed E-state index contributed by atoms with van der Waals surface area (Å²) in [5, 5.41) is 13.7. The van der Waals surface area contributed by atoms with Crippen molar-refractivity contribution < 1.29 is 9.72 Å². The molecular formula is C19H21BrN4O3. The predicted molar refractivity (Wildman–Crippen MR) is 109 cm³/mol. The van der Waals surface area contributed by atoms with Gasteiger partial charge in [-0.15, -0.1) is 0 Å². The number of non-ortho nitro benzene ring substituents is 1. The van der Waals surface area contributed by atoms with Gasteiger partial charge < -0.3 is 10.2 Å². The lowest BCUT2D eigenvalue weighted by Gasteiger charge is -2.38. The Kier molecular flexibility index (Phi) is 6.08. The third-order valence-electron chi connectivity index (χ3n) is 4.78. The van der Waals surface area contributed by atoms with E-state index >= 15 is 0 Å². The van der Waals surface area contributed by atoms with Crippen LogP contribution in [0.1, 0.15) is 6.92 Å². The molecule has 2 aromatic rings. The summed E-state index contributed by atoms with van der Waals surface area (Å²) in [7, 11) is 0. The van der Waals surface area contributed by atoms with Crippen molar-refractivity contribution in [2.24, 2.45) is 0 Å². The summed E-state index contributed by atoms with van der Waals surface area (Å²) in [4.78, 5) is 27.2. The van der Waals surface area contributed by atoms with Crippen LogP contribution in [0.15, 0.2) is 53.0 Å². The largest absolute Gasteiger partial charge is 0.369 e.